The van der Waals surface area contributed by atoms with Gasteiger partial charge in [0, 0.05) is 29.8 Å². The number of amides is 1. The molecule has 7 rings (SSSR count). The summed E-state index contributed by atoms with van der Waals surface area (Å²) >= 11 is 0. The van der Waals surface area contributed by atoms with Crippen LogP contribution in [0.3, 0.4) is 0 Å². The van der Waals surface area contributed by atoms with Crippen LogP contribution in [-0.2, 0) is 21.4 Å². The number of rotatable bonds is 8. The first-order valence-electron chi connectivity index (χ1n) is 14.2. The second-order valence-corrected chi connectivity index (χ2v) is 12.9. The van der Waals surface area contributed by atoms with E-state index in [4.69, 9.17) is 4.98 Å². The topological polar surface area (TPSA) is 158 Å². The molecule has 1 amide bonds. The summed E-state index contributed by atoms with van der Waals surface area (Å²) in [6.07, 6.45) is 8.22. The molecule has 0 radical (unpaired) electrons. The lowest BCUT2D eigenvalue weighted by Crippen LogP contribution is -2.28. The normalized spacial score (nSPS) is 13.8. The zero-order chi connectivity index (χ0) is 31.3. The molecule has 2 aromatic carbocycles. The second-order valence-electron chi connectivity index (χ2n) is 11.1. The van der Waals surface area contributed by atoms with Gasteiger partial charge >= 0.3 is 0 Å². The van der Waals surface area contributed by atoms with Crippen LogP contribution in [-0.4, -0.2) is 50.7 Å². The summed E-state index contributed by atoms with van der Waals surface area (Å²) in [5.74, 6) is -1.00. The van der Waals surface area contributed by atoms with Crippen molar-refractivity contribution in [2.75, 3.05) is 11.6 Å². The number of nitrogens with one attached hydrogen (secondary N) is 4. The summed E-state index contributed by atoms with van der Waals surface area (Å²) in [5, 5.41) is 10.2. The van der Waals surface area contributed by atoms with Crippen LogP contribution in [0.15, 0.2) is 61.1 Å². The van der Waals surface area contributed by atoms with Gasteiger partial charge in [0.05, 0.1) is 46.3 Å². The molecule has 0 spiro atoms. The number of para-hydroxylation sites is 1. The summed E-state index contributed by atoms with van der Waals surface area (Å²) in [7, 11) is -3.48. The standard InChI is InChI=1S/C31H26F2N8O3S/c1-45(43,44)36-12-16-8-18(10-20(32)9-16)22-6-3-7-23-28(22)39-30(38-23)29-25-24(40-41-29)15-35-27(26(25)33)19-11-21(14-34-13-19)37-31(42)17-4-2-5-17/h3,6-11,13-15,17,36H,2,4-5,12H2,1H3,(H,37,42)(H,38,39)(H,40,41). The Hall–Kier alpha value is -5.08. The van der Waals surface area contributed by atoms with Crippen molar-refractivity contribution >= 4 is 43.6 Å². The number of anilines is 1. The van der Waals surface area contributed by atoms with Crippen molar-refractivity contribution in [3.63, 3.8) is 0 Å². The maximum Gasteiger partial charge on any atom is 0.227 e. The number of imidazole rings is 1. The molecular formula is C31H26F2N8O3S. The predicted octanol–water partition coefficient (Wildman–Crippen LogP) is 5.30. The number of hydrogen-bond donors (Lipinski definition) is 4. The molecule has 228 valence electrons. The fourth-order valence-electron chi connectivity index (χ4n) is 5.40. The molecule has 14 heteroatoms. The van der Waals surface area contributed by atoms with Gasteiger partial charge in [0.25, 0.3) is 0 Å². The van der Waals surface area contributed by atoms with Crippen molar-refractivity contribution in [3.05, 3.63) is 78.3 Å². The van der Waals surface area contributed by atoms with Crippen molar-refractivity contribution < 1.29 is 22.0 Å². The van der Waals surface area contributed by atoms with Crippen LogP contribution in [0.1, 0.15) is 24.8 Å². The van der Waals surface area contributed by atoms with Gasteiger partial charge in [-0.05, 0) is 54.3 Å². The monoisotopic (exact) mass is 628 g/mol. The molecule has 45 heavy (non-hydrogen) atoms. The molecule has 1 aliphatic carbocycles. The molecule has 4 aromatic heterocycles. The van der Waals surface area contributed by atoms with Crippen molar-refractivity contribution in [3.8, 4) is 33.9 Å². The molecule has 4 N–H and O–H groups in total. The Bertz CT molecular complexity index is 2230. The Morgan fingerprint density at radius 3 is 2.64 bits per heavy atom. The maximum absolute atomic E-state index is 16.2. The number of H-pyrrole nitrogens is 2. The van der Waals surface area contributed by atoms with E-state index in [1.807, 2.05) is 0 Å². The van der Waals surface area contributed by atoms with Crippen molar-refractivity contribution in [2.24, 2.45) is 5.92 Å². The summed E-state index contributed by atoms with van der Waals surface area (Å²) < 4.78 is 56.3. The Kier molecular flexibility index (Phi) is 7.09. The van der Waals surface area contributed by atoms with Gasteiger partial charge in [0.15, 0.2) is 11.6 Å². The number of aromatic amines is 2. The SMILES string of the molecule is CS(=O)(=O)NCc1cc(F)cc(-c2cccc3[nH]c(-c4n[nH]c5cnc(-c6cncc(NC(=O)C7CCC7)c6)c(F)c45)nc23)c1. The van der Waals surface area contributed by atoms with E-state index in [0.29, 0.717) is 44.5 Å². The molecule has 0 saturated heterocycles. The first-order valence-corrected chi connectivity index (χ1v) is 16.0. The zero-order valence-corrected chi connectivity index (χ0v) is 24.7. The minimum Gasteiger partial charge on any atom is -0.337 e. The zero-order valence-electron chi connectivity index (χ0n) is 23.9. The molecule has 0 aliphatic heterocycles. The first-order chi connectivity index (χ1) is 21.6. The Morgan fingerprint density at radius 1 is 1.02 bits per heavy atom. The fraction of sp³-hybridized carbons (Fsp3) is 0.194. The third-order valence-corrected chi connectivity index (χ3v) is 8.51. The molecule has 0 bridgehead atoms. The molecule has 11 nitrogen and oxygen atoms in total. The third kappa shape index (κ3) is 5.65. The number of aromatic nitrogens is 6. The van der Waals surface area contributed by atoms with E-state index >= 15 is 4.39 Å². The number of benzene rings is 2. The fourth-order valence-corrected chi connectivity index (χ4v) is 5.83. The summed E-state index contributed by atoms with van der Waals surface area (Å²) in [5.41, 5.74) is 4.04. The van der Waals surface area contributed by atoms with E-state index in [9.17, 15) is 17.6 Å². The van der Waals surface area contributed by atoms with Gasteiger partial charge in [-0.15, -0.1) is 0 Å². The number of pyridine rings is 2. The number of hydrogen-bond acceptors (Lipinski definition) is 7. The van der Waals surface area contributed by atoms with Crippen LogP contribution in [0, 0.1) is 17.6 Å². The average molecular weight is 629 g/mol. The first kappa shape index (κ1) is 28.7. The molecule has 6 aromatic rings. The summed E-state index contributed by atoms with van der Waals surface area (Å²) in [6.45, 7) is -0.0778. The van der Waals surface area contributed by atoms with Crippen molar-refractivity contribution in [1.82, 2.24) is 34.9 Å². The van der Waals surface area contributed by atoms with E-state index in [1.165, 1.54) is 30.7 Å². The quantitative estimate of drug-likeness (QED) is 0.178. The van der Waals surface area contributed by atoms with Crippen LogP contribution in [0.25, 0.3) is 55.8 Å². The van der Waals surface area contributed by atoms with Crippen molar-refractivity contribution in [2.45, 2.75) is 25.8 Å². The van der Waals surface area contributed by atoms with Crippen LogP contribution >= 0.6 is 0 Å². The molecule has 1 fully saturated rings. The molecule has 1 aliphatic rings. The van der Waals surface area contributed by atoms with E-state index in [2.05, 4.69) is 35.2 Å². The summed E-state index contributed by atoms with van der Waals surface area (Å²) in [6, 6.07) is 11.2. The van der Waals surface area contributed by atoms with E-state index < -0.39 is 21.7 Å². The minimum absolute atomic E-state index is 0.0162. The lowest BCUT2D eigenvalue weighted by molar-refractivity contribution is -0.122. The van der Waals surface area contributed by atoms with Gasteiger partial charge < -0.3 is 10.3 Å². The van der Waals surface area contributed by atoms with Gasteiger partial charge in [-0.3, -0.25) is 19.9 Å². The molecule has 4 heterocycles. The molecular weight excluding hydrogens is 602 g/mol. The van der Waals surface area contributed by atoms with Crippen LogP contribution < -0.4 is 10.0 Å². The number of carbonyl (C=O) groups excluding carboxylic acids is 1. The van der Waals surface area contributed by atoms with E-state index in [-0.39, 0.29) is 41.0 Å². The second kappa shape index (κ2) is 11.1. The van der Waals surface area contributed by atoms with Crippen molar-refractivity contribution in [1.29, 1.82) is 0 Å². The smallest absolute Gasteiger partial charge is 0.227 e. The maximum atomic E-state index is 16.2. The van der Waals surface area contributed by atoms with Crippen LogP contribution in [0.5, 0.6) is 0 Å². The highest BCUT2D eigenvalue weighted by molar-refractivity contribution is 7.88. The van der Waals surface area contributed by atoms with E-state index in [0.717, 1.165) is 25.5 Å². The minimum atomic E-state index is -3.48. The van der Waals surface area contributed by atoms with Gasteiger partial charge in [-0.1, -0.05) is 18.6 Å². The molecule has 1 saturated carbocycles. The largest absolute Gasteiger partial charge is 0.337 e. The lowest BCUT2D eigenvalue weighted by Gasteiger charge is -2.24. The number of halogens is 2. The molecule has 0 unspecified atom stereocenters. The highest BCUT2D eigenvalue weighted by Crippen LogP contribution is 2.35. The predicted molar refractivity (Wildman–Crippen MR) is 165 cm³/mol. The highest BCUT2D eigenvalue weighted by Gasteiger charge is 2.26. The van der Waals surface area contributed by atoms with E-state index in [1.54, 1.807) is 30.3 Å². The third-order valence-electron chi connectivity index (χ3n) is 7.84. The number of carbonyl (C=O) groups is 1. The van der Waals surface area contributed by atoms with Gasteiger partial charge in [-0.25, -0.2) is 26.9 Å². The van der Waals surface area contributed by atoms with Gasteiger partial charge in [-0.2, -0.15) is 5.10 Å². The number of sulfonamides is 1. The Morgan fingerprint density at radius 2 is 1.87 bits per heavy atom. The lowest BCUT2D eigenvalue weighted by atomic mass is 9.85. The van der Waals surface area contributed by atoms with Gasteiger partial charge in [0.1, 0.15) is 17.2 Å². The van der Waals surface area contributed by atoms with Crippen LogP contribution in [0.4, 0.5) is 14.5 Å². The number of fused-ring (bicyclic) bond motifs is 2. The van der Waals surface area contributed by atoms with Gasteiger partial charge in [0.2, 0.25) is 15.9 Å². The van der Waals surface area contributed by atoms with Crippen LogP contribution in [0.2, 0.25) is 0 Å². The Labute approximate surface area is 255 Å². The summed E-state index contributed by atoms with van der Waals surface area (Å²) in [4.78, 5) is 28.8. The molecule has 0 atom stereocenters. The Balaban J connectivity index is 1.26. The highest BCUT2D eigenvalue weighted by atomic mass is 32.2. The average Bonchev–Trinajstić information content (AvgIpc) is 3.60. The number of nitrogens with zero attached hydrogens (tertiary/aromatic N) is 4.